The van der Waals surface area contributed by atoms with Gasteiger partial charge in [0.05, 0.1) is 0 Å². The van der Waals surface area contributed by atoms with E-state index in [-0.39, 0.29) is 0 Å². The lowest BCUT2D eigenvalue weighted by Gasteiger charge is -2.25. The Kier molecular flexibility index (Phi) is 5.08. The largest absolute Gasteiger partial charge is 0.368 e. The molecule has 0 unspecified atom stereocenters. The highest BCUT2D eigenvalue weighted by Crippen LogP contribution is 2.31. The van der Waals surface area contributed by atoms with Gasteiger partial charge in [-0.3, -0.25) is 4.98 Å². The Labute approximate surface area is 142 Å². The summed E-state index contributed by atoms with van der Waals surface area (Å²) < 4.78 is 0. The number of aromatic nitrogens is 1. The van der Waals surface area contributed by atoms with Gasteiger partial charge in [-0.05, 0) is 55.7 Å². The summed E-state index contributed by atoms with van der Waals surface area (Å²) in [5.41, 5.74) is 3.81. The van der Waals surface area contributed by atoms with Gasteiger partial charge in [-0.2, -0.15) is 0 Å². The lowest BCUT2D eigenvalue weighted by molar-refractivity contribution is 0.641. The molecule has 2 heterocycles. The Morgan fingerprint density at radius 1 is 1.26 bits per heavy atom. The van der Waals surface area contributed by atoms with Crippen LogP contribution in [0.2, 0.25) is 0 Å². The van der Waals surface area contributed by atoms with Crippen molar-refractivity contribution in [2.24, 2.45) is 0 Å². The molecule has 2 aromatic rings. The number of thiocarbonyl (C=S) groups is 1. The van der Waals surface area contributed by atoms with Crippen LogP contribution in [0.3, 0.4) is 0 Å². The maximum Gasteiger partial charge on any atom is 0.170 e. The van der Waals surface area contributed by atoms with Crippen LogP contribution in [0.15, 0.2) is 48.8 Å². The van der Waals surface area contributed by atoms with E-state index in [0.29, 0.717) is 11.2 Å². The molecule has 0 aliphatic carbocycles. The molecule has 1 aromatic heterocycles. The molecule has 120 valence electrons. The van der Waals surface area contributed by atoms with Crippen molar-refractivity contribution < 1.29 is 0 Å². The summed E-state index contributed by atoms with van der Waals surface area (Å²) in [5.74, 6) is 0. The van der Waals surface area contributed by atoms with Gasteiger partial charge in [-0.25, -0.2) is 0 Å². The van der Waals surface area contributed by atoms with Gasteiger partial charge in [0.15, 0.2) is 5.11 Å². The van der Waals surface area contributed by atoms with Crippen molar-refractivity contribution in [2.45, 2.75) is 25.8 Å². The van der Waals surface area contributed by atoms with Crippen molar-refractivity contribution in [3.05, 3.63) is 54.4 Å². The van der Waals surface area contributed by atoms with E-state index < -0.39 is 0 Å². The molecule has 1 atom stereocenters. The van der Waals surface area contributed by atoms with E-state index in [1.165, 1.54) is 11.3 Å². The van der Waals surface area contributed by atoms with Crippen LogP contribution in [0.1, 0.15) is 18.9 Å². The molecule has 1 aliphatic heterocycles. The predicted octanol–water partition coefficient (Wildman–Crippen LogP) is 3.21. The highest BCUT2D eigenvalue weighted by molar-refractivity contribution is 7.80. The molecule has 0 bridgehead atoms. The minimum absolute atomic E-state index is 0.578. The molecular formula is C18H22N4S. The van der Waals surface area contributed by atoms with Crippen molar-refractivity contribution >= 4 is 28.7 Å². The summed E-state index contributed by atoms with van der Waals surface area (Å²) in [6.07, 6.45) is 5.69. The third-order valence-corrected chi connectivity index (χ3v) is 4.39. The fraction of sp³-hybridized carbons (Fsp3) is 0.333. The van der Waals surface area contributed by atoms with Crippen LogP contribution in [0.4, 0.5) is 11.4 Å². The van der Waals surface area contributed by atoms with Crippen LogP contribution in [-0.2, 0) is 6.42 Å². The van der Waals surface area contributed by atoms with Gasteiger partial charge >= 0.3 is 0 Å². The number of anilines is 2. The number of nitrogens with zero attached hydrogens (tertiary/aromatic N) is 2. The summed E-state index contributed by atoms with van der Waals surface area (Å²) in [4.78, 5) is 6.48. The van der Waals surface area contributed by atoms with Crippen LogP contribution in [0.5, 0.6) is 0 Å². The first-order chi connectivity index (χ1) is 11.2. The lowest BCUT2D eigenvalue weighted by atomic mass is 10.1. The first-order valence-electron chi connectivity index (χ1n) is 8.03. The zero-order chi connectivity index (χ0) is 16.1. The molecule has 1 aromatic carbocycles. The van der Waals surface area contributed by atoms with E-state index in [1.807, 2.05) is 12.1 Å². The Morgan fingerprint density at radius 2 is 2.04 bits per heavy atom. The van der Waals surface area contributed by atoms with Gasteiger partial charge in [0.25, 0.3) is 0 Å². The second-order valence-electron chi connectivity index (χ2n) is 5.85. The second kappa shape index (κ2) is 7.42. The monoisotopic (exact) mass is 326 g/mol. The molecule has 3 rings (SSSR count). The highest BCUT2D eigenvalue weighted by Gasteiger charge is 2.24. The van der Waals surface area contributed by atoms with Gasteiger partial charge in [-0.15, -0.1) is 0 Å². The average molecular weight is 326 g/mol. The summed E-state index contributed by atoms with van der Waals surface area (Å²) in [6.45, 7) is 4.20. The van der Waals surface area contributed by atoms with Gasteiger partial charge < -0.3 is 15.5 Å². The van der Waals surface area contributed by atoms with E-state index in [4.69, 9.17) is 12.2 Å². The second-order valence-corrected chi connectivity index (χ2v) is 6.25. The first-order valence-corrected chi connectivity index (χ1v) is 8.44. The molecule has 0 radical (unpaired) electrons. The summed E-state index contributed by atoms with van der Waals surface area (Å²) in [5, 5.41) is 7.09. The topological polar surface area (TPSA) is 40.2 Å². The zero-order valence-corrected chi connectivity index (χ0v) is 14.1. The number of para-hydroxylation sites is 1. The average Bonchev–Trinajstić information content (AvgIpc) is 2.88. The molecular weight excluding hydrogens is 304 g/mol. The lowest BCUT2D eigenvalue weighted by Crippen LogP contribution is -2.34. The molecule has 0 fully saturated rings. The summed E-state index contributed by atoms with van der Waals surface area (Å²) in [7, 11) is 0. The number of hydrogen-bond donors (Lipinski definition) is 2. The van der Waals surface area contributed by atoms with Crippen molar-refractivity contribution in [1.82, 2.24) is 10.3 Å². The molecule has 0 saturated carbocycles. The Morgan fingerprint density at radius 3 is 2.87 bits per heavy atom. The van der Waals surface area contributed by atoms with Crippen LogP contribution < -0.4 is 15.5 Å². The minimum Gasteiger partial charge on any atom is -0.368 e. The number of pyridine rings is 1. The van der Waals surface area contributed by atoms with Gasteiger partial charge in [-0.1, -0.05) is 18.2 Å². The van der Waals surface area contributed by atoms with Crippen LogP contribution in [-0.4, -0.2) is 29.2 Å². The molecule has 5 heteroatoms. The molecule has 1 aliphatic rings. The number of nitrogens with one attached hydrogen (secondary N) is 2. The Balaban J connectivity index is 1.43. The third-order valence-electron chi connectivity index (χ3n) is 4.15. The standard InChI is InChI=1S/C18H22N4S/c1-14-13-15-5-2-3-6-17(15)22(14)12-4-9-20-18(23)21-16-7-10-19-11-8-16/h2-3,5-8,10-11,14H,4,9,12-13H2,1H3,(H2,19,20,21,23)/t14-/m0/s1. The molecule has 2 N–H and O–H groups in total. The van der Waals surface area contributed by atoms with Crippen molar-refractivity contribution in [3.63, 3.8) is 0 Å². The number of rotatable bonds is 5. The Bertz CT molecular complexity index is 659. The van der Waals surface area contributed by atoms with E-state index >= 15 is 0 Å². The molecule has 4 nitrogen and oxygen atoms in total. The Hall–Kier alpha value is -2.14. The van der Waals surface area contributed by atoms with E-state index in [2.05, 4.69) is 51.7 Å². The fourth-order valence-corrected chi connectivity index (χ4v) is 3.25. The fourth-order valence-electron chi connectivity index (χ4n) is 3.03. The first kappa shape index (κ1) is 15.7. The summed E-state index contributed by atoms with van der Waals surface area (Å²) in [6, 6.07) is 13.1. The van der Waals surface area contributed by atoms with Gasteiger partial charge in [0.1, 0.15) is 0 Å². The third kappa shape index (κ3) is 3.99. The van der Waals surface area contributed by atoms with Crippen molar-refractivity contribution in [2.75, 3.05) is 23.3 Å². The summed E-state index contributed by atoms with van der Waals surface area (Å²) >= 11 is 5.31. The van der Waals surface area contributed by atoms with Crippen molar-refractivity contribution in [3.8, 4) is 0 Å². The van der Waals surface area contributed by atoms with Crippen LogP contribution >= 0.6 is 12.2 Å². The normalized spacial score (nSPS) is 16.0. The zero-order valence-electron chi connectivity index (χ0n) is 13.3. The van der Waals surface area contributed by atoms with Gasteiger partial charge in [0, 0.05) is 42.9 Å². The molecule has 0 spiro atoms. The van der Waals surface area contributed by atoms with Crippen LogP contribution in [0.25, 0.3) is 0 Å². The minimum atomic E-state index is 0.578. The molecule has 23 heavy (non-hydrogen) atoms. The maximum atomic E-state index is 5.31. The van der Waals surface area contributed by atoms with E-state index in [0.717, 1.165) is 31.6 Å². The molecule has 0 amide bonds. The predicted molar refractivity (Wildman–Crippen MR) is 100 cm³/mol. The van der Waals surface area contributed by atoms with E-state index in [9.17, 15) is 0 Å². The quantitative estimate of drug-likeness (QED) is 0.652. The number of benzene rings is 1. The van der Waals surface area contributed by atoms with E-state index in [1.54, 1.807) is 12.4 Å². The van der Waals surface area contributed by atoms with Crippen LogP contribution in [0, 0.1) is 0 Å². The van der Waals surface area contributed by atoms with Gasteiger partial charge in [0.2, 0.25) is 0 Å². The number of hydrogen-bond acceptors (Lipinski definition) is 3. The van der Waals surface area contributed by atoms with Crippen molar-refractivity contribution in [1.29, 1.82) is 0 Å². The number of fused-ring (bicyclic) bond motifs is 1. The highest BCUT2D eigenvalue weighted by atomic mass is 32.1. The smallest absolute Gasteiger partial charge is 0.170 e. The molecule has 0 saturated heterocycles. The SMILES string of the molecule is C[C@H]1Cc2ccccc2N1CCCNC(=S)Nc1ccncc1. The maximum absolute atomic E-state index is 5.31.